The summed E-state index contributed by atoms with van der Waals surface area (Å²) in [6, 6.07) is -0.284. The van der Waals surface area contributed by atoms with Crippen LogP contribution >= 0.6 is 0 Å². The van der Waals surface area contributed by atoms with Crippen LogP contribution in [0.25, 0.3) is 0 Å². The third-order valence-electron chi connectivity index (χ3n) is 3.93. The number of nitrogens with zero attached hydrogens (tertiary/aromatic N) is 2. The number of carbonyl (C=O) groups excluding carboxylic acids is 2. The largest absolute Gasteiger partial charge is 0.329 e. The van der Waals surface area contributed by atoms with Gasteiger partial charge in [-0.25, -0.2) is 4.79 Å². The van der Waals surface area contributed by atoms with Gasteiger partial charge in [0.25, 0.3) is 5.91 Å². The molecule has 0 bridgehead atoms. The van der Waals surface area contributed by atoms with E-state index in [1.165, 1.54) is 4.90 Å². The summed E-state index contributed by atoms with van der Waals surface area (Å²) in [5.74, 6) is 0.531. The lowest BCUT2D eigenvalue weighted by Crippen LogP contribution is -2.55. The molecule has 0 unspecified atom stereocenters. The lowest BCUT2D eigenvalue weighted by molar-refractivity contribution is -0.132. The third-order valence-corrected chi connectivity index (χ3v) is 3.93. The highest BCUT2D eigenvalue weighted by Gasteiger charge is 2.51. The minimum atomic E-state index is -0.667. The Labute approximate surface area is 114 Å². The molecule has 19 heavy (non-hydrogen) atoms. The molecule has 2 rings (SSSR count). The van der Waals surface area contributed by atoms with Crippen molar-refractivity contribution in [2.45, 2.75) is 32.2 Å². The van der Waals surface area contributed by atoms with E-state index < -0.39 is 5.54 Å². The standard InChI is InChI=1S/C13H24N4O2/c1-10(2)9-16-6-3-13(4-7-16)11(18)17(8-5-14)12(19)15-13/h10H,3-9,14H2,1-2H3,(H,15,19). The fourth-order valence-corrected chi connectivity index (χ4v) is 2.98. The molecule has 2 saturated heterocycles. The number of hydrogen-bond donors (Lipinski definition) is 2. The van der Waals surface area contributed by atoms with E-state index in [-0.39, 0.29) is 11.9 Å². The van der Waals surface area contributed by atoms with E-state index in [1.807, 2.05) is 0 Å². The zero-order valence-corrected chi connectivity index (χ0v) is 11.8. The SMILES string of the molecule is CC(C)CN1CCC2(CC1)NC(=O)N(CCN)C2=O. The highest BCUT2D eigenvalue weighted by atomic mass is 16.2. The Bertz CT molecular complexity index is 362. The van der Waals surface area contributed by atoms with Gasteiger partial charge < -0.3 is 16.0 Å². The summed E-state index contributed by atoms with van der Waals surface area (Å²) in [6.45, 7) is 7.77. The van der Waals surface area contributed by atoms with Crippen molar-refractivity contribution in [2.24, 2.45) is 11.7 Å². The van der Waals surface area contributed by atoms with Crippen molar-refractivity contribution in [1.82, 2.24) is 15.1 Å². The maximum absolute atomic E-state index is 12.4. The molecule has 0 atom stereocenters. The van der Waals surface area contributed by atoms with Gasteiger partial charge in [-0.3, -0.25) is 9.69 Å². The smallest absolute Gasteiger partial charge is 0.325 e. The van der Waals surface area contributed by atoms with Crippen LogP contribution < -0.4 is 11.1 Å². The van der Waals surface area contributed by atoms with Crippen LogP contribution in [0, 0.1) is 5.92 Å². The molecule has 2 aliphatic rings. The lowest BCUT2D eigenvalue weighted by Gasteiger charge is -2.37. The van der Waals surface area contributed by atoms with Crippen molar-refractivity contribution >= 4 is 11.9 Å². The molecule has 0 saturated carbocycles. The second kappa shape index (κ2) is 5.46. The number of rotatable bonds is 4. The summed E-state index contributed by atoms with van der Waals surface area (Å²) in [4.78, 5) is 27.8. The third kappa shape index (κ3) is 2.74. The van der Waals surface area contributed by atoms with Crippen LogP contribution in [-0.2, 0) is 4.79 Å². The Morgan fingerprint density at radius 2 is 1.95 bits per heavy atom. The van der Waals surface area contributed by atoms with Crippen LogP contribution in [0.2, 0.25) is 0 Å². The zero-order chi connectivity index (χ0) is 14.0. The monoisotopic (exact) mass is 268 g/mol. The average Bonchev–Trinajstić information content (AvgIpc) is 2.57. The minimum absolute atomic E-state index is 0.0906. The van der Waals surface area contributed by atoms with E-state index in [2.05, 4.69) is 24.1 Å². The molecule has 6 nitrogen and oxygen atoms in total. The Hall–Kier alpha value is -1.14. The highest BCUT2D eigenvalue weighted by Crippen LogP contribution is 2.29. The topological polar surface area (TPSA) is 78.7 Å². The number of piperidine rings is 1. The quantitative estimate of drug-likeness (QED) is 0.703. The lowest BCUT2D eigenvalue weighted by atomic mass is 9.87. The van der Waals surface area contributed by atoms with Gasteiger partial charge >= 0.3 is 6.03 Å². The molecule has 0 aromatic rings. The van der Waals surface area contributed by atoms with Gasteiger partial charge in [-0.1, -0.05) is 13.8 Å². The fourth-order valence-electron chi connectivity index (χ4n) is 2.98. The maximum Gasteiger partial charge on any atom is 0.325 e. The molecule has 0 aromatic carbocycles. The second-order valence-corrected chi connectivity index (χ2v) is 5.95. The van der Waals surface area contributed by atoms with Crippen LogP contribution in [0.4, 0.5) is 4.79 Å². The van der Waals surface area contributed by atoms with Gasteiger partial charge in [0.2, 0.25) is 0 Å². The van der Waals surface area contributed by atoms with Crippen LogP contribution in [0.1, 0.15) is 26.7 Å². The molecule has 0 aromatic heterocycles. The normalized spacial score (nSPS) is 23.5. The van der Waals surface area contributed by atoms with Crippen molar-refractivity contribution in [3.05, 3.63) is 0 Å². The van der Waals surface area contributed by atoms with E-state index in [4.69, 9.17) is 5.73 Å². The minimum Gasteiger partial charge on any atom is -0.329 e. The molecule has 3 amide bonds. The first-order chi connectivity index (χ1) is 8.98. The molecule has 2 heterocycles. The first-order valence-electron chi connectivity index (χ1n) is 7.05. The number of nitrogens with two attached hydrogens (primary N) is 1. The number of urea groups is 1. The molecular weight excluding hydrogens is 244 g/mol. The summed E-state index contributed by atoms with van der Waals surface area (Å²) in [6.07, 6.45) is 1.40. The Morgan fingerprint density at radius 1 is 1.32 bits per heavy atom. The molecule has 3 N–H and O–H groups in total. The summed E-state index contributed by atoms with van der Waals surface area (Å²) >= 11 is 0. The Kier molecular flexibility index (Phi) is 4.10. The molecule has 2 fully saturated rings. The van der Waals surface area contributed by atoms with Gasteiger partial charge in [0.15, 0.2) is 0 Å². The van der Waals surface area contributed by atoms with Crippen molar-refractivity contribution in [2.75, 3.05) is 32.7 Å². The van der Waals surface area contributed by atoms with Crippen LogP contribution in [-0.4, -0.2) is 60.0 Å². The molecule has 6 heteroatoms. The molecule has 0 aliphatic carbocycles. The maximum atomic E-state index is 12.4. The van der Waals surface area contributed by atoms with Crippen LogP contribution in [0.15, 0.2) is 0 Å². The average molecular weight is 268 g/mol. The highest BCUT2D eigenvalue weighted by molar-refractivity contribution is 6.07. The predicted octanol–water partition coefficient (Wildman–Crippen LogP) is -0.0125. The van der Waals surface area contributed by atoms with Crippen molar-refractivity contribution < 1.29 is 9.59 Å². The number of nitrogens with one attached hydrogen (secondary N) is 1. The first kappa shape index (κ1) is 14.3. The Morgan fingerprint density at radius 3 is 2.47 bits per heavy atom. The van der Waals surface area contributed by atoms with Crippen LogP contribution in [0.3, 0.4) is 0 Å². The van der Waals surface area contributed by atoms with Gasteiger partial charge in [-0.2, -0.15) is 0 Å². The van der Waals surface area contributed by atoms with E-state index in [0.29, 0.717) is 31.8 Å². The number of imide groups is 1. The van der Waals surface area contributed by atoms with E-state index >= 15 is 0 Å². The molecule has 0 radical (unpaired) electrons. The Balaban J connectivity index is 1.99. The van der Waals surface area contributed by atoms with Crippen LogP contribution in [0.5, 0.6) is 0 Å². The molecule has 2 aliphatic heterocycles. The summed E-state index contributed by atoms with van der Waals surface area (Å²) in [5.41, 5.74) is 4.78. The predicted molar refractivity (Wildman–Crippen MR) is 72.5 cm³/mol. The number of amides is 3. The van der Waals surface area contributed by atoms with E-state index in [1.54, 1.807) is 0 Å². The van der Waals surface area contributed by atoms with Gasteiger partial charge in [-0.15, -0.1) is 0 Å². The fraction of sp³-hybridized carbons (Fsp3) is 0.846. The van der Waals surface area contributed by atoms with Crippen molar-refractivity contribution in [3.8, 4) is 0 Å². The van der Waals surface area contributed by atoms with Gasteiger partial charge in [0.05, 0.1) is 0 Å². The summed E-state index contributed by atoms with van der Waals surface area (Å²) in [7, 11) is 0. The van der Waals surface area contributed by atoms with Gasteiger partial charge in [0.1, 0.15) is 5.54 Å². The number of likely N-dealkylation sites (tertiary alicyclic amines) is 1. The number of carbonyl (C=O) groups is 2. The van der Waals surface area contributed by atoms with Gasteiger partial charge in [0, 0.05) is 32.7 Å². The zero-order valence-electron chi connectivity index (χ0n) is 11.8. The summed E-state index contributed by atoms with van der Waals surface area (Å²) in [5, 5.41) is 2.88. The number of hydrogen-bond acceptors (Lipinski definition) is 4. The first-order valence-corrected chi connectivity index (χ1v) is 7.05. The van der Waals surface area contributed by atoms with E-state index in [9.17, 15) is 9.59 Å². The molecular formula is C13H24N4O2. The van der Waals surface area contributed by atoms with Crippen molar-refractivity contribution in [1.29, 1.82) is 0 Å². The molecule has 1 spiro atoms. The van der Waals surface area contributed by atoms with E-state index in [0.717, 1.165) is 19.6 Å². The molecule has 108 valence electrons. The second-order valence-electron chi connectivity index (χ2n) is 5.95. The summed E-state index contributed by atoms with van der Waals surface area (Å²) < 4.78 is 0. The van der Waals surface area contributed by atoms with Gasteiger partial charge in [-0.05, 0) is 18.8 Å². The van der Waals surface area contributed by atoms with Crippen molar-refractivity contribution in [3.63, 3.8) is 0 Å².